The first kappa shape index (κ1) is 21.6. The molecule has 0 rings (SSSR count). The minimum absolute atomic E-state index is 0.116. The molecule has 0 amide bonds. The van der Waals surface area contributed by atoms with Gasteiger partial charge in [0.05, 0.1) is 7.11 Å². The molecule has 4 heteroatoms. The van der Waals surface area contributed by atoms with Crippen LogP contribution in [-0.4, -0.2) is 24.4 Å². The topological polar surface area (TPSA) is 55.8 Å². The smallest absolute Gasteiger partial charge is 0.305 e. The summed E-state index contributed by atoms with van der Waals surface area (Å²) in [5, 5.41) is 8.78. The van der Waals surface area contributed by atoms with Crippen LogP contribution in [0.1, 0.15) is 64.7 Å². The zero-order valence-corrected chi connectivity index (χ0v) is 14.6. The number of esters is 1. The van der Waals surface area contributed by atoms with E-state index in [1.54, 1.807) is 0 Å². The molecule has 0 aliphatic carbocycles. The molecule has 0 saturated carbocycles. The second-order valence-corrected chi connectivity index (χ2v) is 5.45. The molecule has 0 heterocycles. The van der Waals surface area contributed by atoms with Gasteiger partial charge in [-0.15, -0.1) is 0 Å². The molecule has 1 atom stereocenters. The molecule has 132 valence electrons. The van der Waals surface area contributed by atoms with Crippen LogP contribution in [-0.2, 0) is 14.4 Å². The van der Waals surface area contributed by atoms with Crippen LogP contribution in [0.5, 0.6) is 0 Å². The highest BCUT2D eigenvalue weighted by Gasteiger charge is 2.00. The summed E-state index contributed by atoms with van der Waals surface area (Å²) in [6, 6.07) is 0. The largest absolute Gasteiger partial charge is 0.469 e. The molecule has 23 heavy (non-hydrogen) atoms. The van der Waals surface area contributed by atoms with E-state index in [2.05, 4.69) is 28.7 Å². The van der Waals surface area contributed by atoms with Gasteiger partial charge in [0.25, 0.3) is 0 Å². The fourth-order valence-electron chi connectivity index (χ4n) is 2.08. The number of allylic oxidation sites excluding steroid dienone is 4. The molecule has 0 aromatic carbocycles. The lowest BCUT2D eigenvalue weighted by molar-refractivity contribution is -0.264. The molecule has 0 saturated heterocycles. The SMILES string of the molecule is CC/C=C\CC(/C=C/C=C\CCCCCCCC(=O)OC)OO. The Morgan fingerprint density at radius 2 is 1.78 bits per heavy atom. The Bertz CT molecular complexity index is 358. The van der Waals surface area contributed by atoms with E-state index in [1.807, 2.05) is 24.3 Å². The van der Waals surface area contributed by atoms with E-state index in [4.69, 9.17) is 5.26 Å². The highest BCUT2D eigenvalue weighted by molar-refractivity contribution is 5.68. The van der Waals surface area contributed by atoms with Crippen LogP contribution in [0.4, 0.5) is 0 Å². The first-order chi connectivity index (χ1) is 11.2. The summed E-state index contributed by atoms with van der Waals surface area (Å²) >= 11 is 0. The lowest BCUT2D eigenvalue weighted by Gasteiger charge is -2.03. The Labute approximate surface area is 140 Å². The van der Waals surface area contributed by atoms with Crippen LogP contribution < -0.4 is 0 Å². The molecule has 0 fully saturated rings. The number of ether oxygens (including phenoxy) is 1. The quantitative estimate of drug-likeness (QED) is 0.119. The Balaban J connectivity index is 3.57. The number of hydrogen-bond acceptors (Lipinski definition) is 4. The third-order valence-electron chi connectivity index (χ3n) is 3.46. The molecule has 1 N–H and O–H groups in total. The standard InChI is InChI=1S/C19H32O4/c1-3-4-12-15-18(23-21)16-13-10-8-6-5-7-9-11-14-17-19(20)22-2/h4,8,10,12-13,16,18,21H,3,5-7,9,11,14-15,17H2,1-2H3/b10-8-,12-4-,16-13+. The molecule has 0 aromatic heterocycles. The van der Waals surface area contributed by atoms with Crippen LogP contribution >= 0.6 is 0 Å². The van der Waals surface area contributed by atoms with E-state index >= 15 is 0 Å². The summed E-state index contributed by atoms with van der Waals surface area (Å²) in [4.78, 5) is 15.3. The van der Waals surface area contributed by atoms with E-state index in [9.17, 15) is 4.79 Å². The average Bonchev–Trinajstić information content (AvgIpc) is 2.57. The lowest BCUT2D eigenvalue weighted by Crippen LogP contribution is -2.04. The number of unbranched alkanes of at least 4 members (excludes halogenated alkanes) is 5. The van der Waals surface area contributed by atoms with E-state index in [1.165, 1.54) is 13.5 Å². The number of methoxy groups -OCH3 is 1. The Morgan fingerprint density at radius 1 is 1.04 bits per heavy atom. The van der Waals surface area contributed by atoms with Crippen LogP contribution in [0.25, 0.3) is 0 Å². The zero-order chi connectivity index (χ0) is 17.2. The highest BCUT2D eigenvalue weighted by atomic mass is 17.1. The highest BCUT2D eigenvalue weighted by Crippen LogP contribution is 2.08. The van der Waals surface area contributed by atoms with E-state index in [0.717, 1.165) is 38.5 Å². The minimum atomic E-state index is -0.280. The first-order valence-electron chi connectivity index (χ1n) is 8.60. The Kier molecular flexibility index (Phi) is 15.9. The van der Waals surface area contributed by atoms with Gasteiger partial charge in [-0.05, 0) is 32.1 Å². The number of carbonyl (C=O) groups excluding carboxylic acids is 1. The van der Waals surface area contributed by atoms with Gasteiger partial charge in [0.1, 0.15) is 6.10 Å². The van der Waals surface area contributed by atoms with E-state index in [-0.39, 0.29) is 12.1 Å². The molecular formula is C19H32O4. The number of carbonyl (C=O) groups is 1. The number of hydrogen-bond donors (Lipinski definition) is 1. The normalized spacial score (nSPS) is 13.3. The fourth-order valence-corrected chi connectivity index (χ4v) is 2.08. The maximum Gasteiger partial charge on any atom is 0.305 e. The molecule has 0 spiro atoms. The maximum atomic E-state index is 10.9. The van der Waals surface area contributed by atoms with Crippen molar-refractivity contribution in [1.29, 1.82) is 0 Å². The summed E-state index contributed by atoms with van der Waals surface area (Å²) < 4.78 is 4.60. The van der Waals surface area contributed by atoms with Gasteiger partial charge in [-0.3, -0.25) is 10.1 Å². The second-order valence-electron chi connectivity index (χ2n) is 5.45. The van der Waals surface area contributed by atoms with Crippen LogP contribution in [0.2, 0.25) is 0 Å². The molecule has 0 bridgehead atoms. The van der Waals surface area contributed by atoms with Crippen LogP contribution in [0.15, 0.2) is 36.5 Å². The Morgan fingerprint density at radius 3 is 2.48 bits per heavy atom. The zero-order valence-electron chi connectivity index (χ0n) is 14.6. The van der Waals surface area contributed by atoms with Gasteiger partial charge in [-0.2, -0.15) is 0 Å². The molecule has 4 nitrogen and oxygen atoms in total. The van der Waals surface area contributed by atoms with E-state index in [0.29, 0.717) is 12.8 Å². The molecule has 0 radical (unpaired) electrons. The van der Waals surface area contributed by atoms with Gasteiger partial charge in [-0.1, -0.05) is 62.6 Å². The molecule has 0 aliphatic heterocycles. The van der Waals surface area contributed by atoms with Crippen molar-refractivity contribution in [3.8, 4) is 0 Å². The van der Waals surface area contributed by atoms with Crippen molar-refractivity contribution in [3.63, 3.8) is 0 Å². The van der Waals surface area contributed by atoms with Gasteiger partial charge in [0.15, 0.2) is 0 Å². The Hall–Kier alpha value is -1.39. The van der Waals surface area contributed by atoms with Crippen molar-refractivity contribution < 1.29 is 19.7 Å². The van der Waals surface area contributed by atoms with Crippen molar-refractivity contribution in [2.75, 3.05) is 7.11 Å². The monoisotopic (exact) mass is 324 g/mol. The minimum Gasteiger partial charge on any atom is -0.469 e. The summed E-state index contributed by atoms with van der Waals surface area (Å²) in [6.07, 6.45) is 20.4. The molecular weight excluding hydrogens is 292 g/mol. The summed E-state index contributed by atoms with van der Waals surface area (Å²) in [6.45, 7) is 2.07. The molecule has 0 aromatic rings. The van der Waals surface area contributed by atoms with Gasteiger partial charge >= 0.3 is 5.97 Å². The van der Waals surface area contributed by atoms with Crippen molar-refractivity contribution in [2.45, 2.75) is 70.8 Å². The number of rotatable bonds is 14. The third-order valence-corrected chi connectivity index (χ3v) is 3.46. The average molecular weight is 324 g/mol. The first-order valence-corrected chi connectivity index (χ1v) is 8.60. The third kappa shape index (κ3) is 15.3. The maximum absolute atomic E-state index is 10.9. The van der Waals surface area contributed by atoms with Gasteiger partial charge in [0.2, 0.25) is 0 Å². The fraction of sp³-hybridized carbons (Fsp3) is 0.632. The second kappa shape index (κ2) is 17.0. The van der Waals surface area contributed by atoms with Crippen LogP contribution in [0, 0.1) is 0 Å². The van der Waals surface area contributed by atoms with E-state index < -0.39 is 0 Å². The predicted molar refractivity (Wildman–Crippen MR) is 94.2 cm³/mol. The van der Waals surface area contributed by atoms with Gasteiger partial charge < -0.3 is 4.74 Å². The van der Waals surface area contributed by atoms with Crippen LogP contribution in [0.3, 0.4) is 0 Å². The van der Waals surface area contributed by atoms with Crippen molar-refractivity contribution in [3.05, 3.63) is 36.5 Å². The summed E-state index contributed by atoms with van der Waals surface area (Å²) in [7, 11) is 1.43. The molecule has 1 unspecified atom stereocenters. The van der Waals surface area contributed by atoms with Crippen molar-refractivity contribution in [1.82, 2.24) is 0 Å². The lowest BCUT2D eigenvalue weighted by atomic mass is 10.1. The summed E-state index contributed by atoms with van der Waals surface area (Å²) in [5.41, 5.74) is 0. The molecule has 0 aliphatic rings. The van der Waals surface area contributed by atoms with Crippen molar-refractivity contribution >= 4 is 5.97 Å². The van der Waals surface area contributed by atoms with Gasteiger partial charge in [-0.25, -0.2) is 4.89 Å². The van der Waals surface area contributed by atoms with Crippen molar-refractivity contribution in [2.24, 2.45) is 0 Å². The predicted octanol–water partition coefficient (Wildman–Crippen LogP) is 5.22. The summed E-state index contributed by atoms with van der Waals surface area (Å²) in [5.74, 6) is -0.116. The van der Waals surface area contributed by atoms with Gasteiger partial charge in [0, 0.05) is 6.42 Å².